The van der Waals surface area contributed by atoms with E-state index in [9.17, 15) is 0 Å². The van der Waals surface area contributed by atoms with Crippen LogP contribution in [0.15, 0.2) is 0 Å². The average Bonchev–Trinajstić information content (AvgIpc) is 2.42. The van der Waals surface area contributed by atoms with Crippen LogP contribution in [0.2, 0.25) is 0 Å². The number of rotatable bonds is 10. The fraction of sp³-hybridized carbons (Fsp3) is 1.00. The zero-order chi connectivity index (χ0) is 13.9. The van der Waals surface area contributed by atoms with Gasteiger partial charge in [0, 0.05) is 6.61 Å². The molecule has 0 radical (unpaired) electrons. The molecule has 1 unspecified atom stereocenters. The molecular weight excluding hydrogens is 236 g/mol. The van der Waals surface area contributed by atoms with Gasteiger partial charge in [0.25, 0.3) is 0 Å². The first-order chi connectivity index (χ1) is 9.22. The van der Waals surface area contributed by atoms with Crippen LogP contribution in [-0.4, -0.2) is 19.5 Å². The molecule has 2 nitrogen and oxygen atoms in total. The van der Waals surface area contributed by atoms with E-state index in [2.05, 4.69) is 20.8 Å². The van der Waals surface area contributed by atoms with Crippen LogP contribution in [0, 0.1) is 11.8 Å². The fourth-order valence-corrected chi connectivity index (χ4v) is 2.91. The van der Waals surface area contributed by atoms with Crippen LogP contribution >= 0.6 is 0 Å². The molecule has 1 saturated heterocycles. The maximum atomic E-state index is 5.87. The van der Waals surface area contributed by atoms with E-state index in [0.29, 0.717) is 5.92 Å². The maximum absolute atomic E-state index is 5.87. The van der Waals surface area contributed by atoms with Crippen molar-refractivity contribution in [2.75, 3.05) is 13.2 Å². The van der Waals surface area contributed by atoms with Gasteiger partial charge in [-0.1, -0.05) is 52.9 Å². The van der Waals surface area contributed by atoms with Crippen LogP contribution < -0.4 is 0 Å². The van der Waals surface area contributed by atoms with Gasteiger partial charge in [0.2, 0.25) is 0 Å². The smallest absolute Gasteiger partial charge is 0.157 e. The van der Waals surface area contributed by atoms with Crippen molar-refractivity contribution in [2.24, 2.45) is 11.8 Å². The first kappa shape index (κ1) is 17.0. The summed E-state index contributed by atoms with van der Waals surface area (Å²) in [5.41, 5.74) is 0. The van der Waals surface area contributed by atoms with Crippen molar-refractivity contribution in [1.82, 2.24) is 0 Å². The van der Waals surface area contributed by atoms with Crippen molar-refractivity contribution in [2.45, 2.75) is 84.8 Å². The van der Waals surface area contributed by atoms with Crippen molar-refractivity contribution in [1.29, 1.82) is 0 Å². The molecule has 0 aliphatic carbocycles. The van der Waals surface area contributed by atoms with Crippen molar-refractivity contribution < 1.29 is 9.47 Å². The molecule has 0 aromatic rings. The highest BCUT2D eigenvalue weighted by molar-refractivity contribution is 4.61. The molecule has 0 spiro atoms. The van der Waals surface area contributed by atoms with Gasteiger partial charge >= 0.3 is 0 Å². The Hall–Kier alpha value is -0.0800. The second kappa shape index (κ2) is 10.7. The van der Waals surface area contributed by atoms with E-state index in [4.69, 9.17) is 9.47 Å². The quantitative estimate of drug-likeness (QED) is 0.510. The van der Waals surface area contributed by atoms with Gasteiger partial charge in [0.1, 0.15) is 0 Å². The Labute approximate surface area is 120 Å². The highest BCUT2D eigenvalue weighted by atomic mass is 16.7. The molecule has 19 heavy (non-hydrogen) atoms. The van der Waals surface area contributed by atoms with Gasteiger partial charge in [-0.15, -0.1) is 0 Å². The highest BCUT2D eigenvalue weighted by Crippen LogP contribution is 2.20. The third-order valence-electron chi connectivity index (χ3n) is 4.06. The first-order valence-corrected chi connectivity index (χ1v) is 8.45. The van der Waals surface area contributed by atoms with Gasteiger partial charge in [-0.05, 0) is 37.5 Å². The van der Waals surface area contributed by atoms with E-state index in [0.717, 1.165) is 25.6 Å². The Morgan fingerprint density at radius 2 is 1.95 bits per heavy atom. The van der Waals surface area contributed by atoms with Crippen LogP contribution in [0.4, 0.5) is 0 Å². The summed E-state index contributed by atoms with van der Waals surface area (Å²) in [5.74, 6) is 1.49. The van der Waals surface area contributed by atoms with E-state index in [-0.39, 0.29) is 6.29 Å². The molecule has 1 fully saturated rings. The Morgan fingerprint density at radius 3 is 2.63 bits per heavy atom. The molecule has 114 valence electrons. The molecule has 0 bridgehead atoms. The monoisotopic (exact) mass is 270 g/mol. The van der Waals surface area contributed by atoms with Crippen LogP contribution in [0.5, 0.6) is 0 Å². The molecule has 0 aromatic carbocycles. The molecule has 1 heterocycles. The van der Waals surface area contributed by atoms with Crippen LogP contribution in [0.1, 0.15) is 78.6 Å². The van der Waals surface area contributed by atoms with E-state index < -0.39 is 0 Å². The van der Waals surface area contributed by atoms with E-state index >= 15 is 0 Å². The molecule has 1 aliphatic rings. The Bertz CT molecular complexity index is 199. The topological polar surface area (TPSA) is 18.5 Å². The highest BCUT2D eigenvalue weighted by Gasteiger charge is 2.16. The Balaban J connectivity index is 2.00. The number of unbranched alkanes of at least 4 members (excludes halogenated alkanes) is 3. The Morgan fingerprint density at radius 1 is 1.11 bits per heavy atom. The van der Waals surface area contributed by atoms with Crippen molar-refractivity contribution in [3.8, 4) is 0 Å². The lowest BCUT2D eigenvalue weighted by Gasteiger charge is -2.25. The number of ether oxygens (including phenoxy) is 2. The third-order valence-corrected chi connectivity index (χ3v) is 4.06. The van der Waals surface area contributed by atoms with Gasteiger partial charge in [-0.25, -0.2) is 0 Å². The van der Waals surface area contributed by atoms with E-state index in [1.54, 1.807) is 0 Å². The van der Waals surface area contributed by atoms with Gasteiger partial charge in [-0.2, -0.15) is 0 Å². The molecule has 0 amide bonds. The van der Waals surface area contributed by atoms with Gasteiger partial charge < -0.3 is 9.47 Å². The fourth-order valence-electron chi connectivity index (χ4n) is 2.91. The van der Waals surface area contributed by atoms with Gasteiger partial charge in [0.05, 0.1) is 6.61 Å². The largest absolute Gasteiger partial charge is 0.353 e. The van der Waals surface area contributed by atoms with E-state index in [1.165, 1.54) is 51.4 Å². The van der Waals surface area contributed by atoms with E-state index in [1.807, 2.05) is 0 Å². The molecule has 2 heteroatoms. The second-order valence-electron chi connectivity index (χ2n) is 6.42. The zero-order valence-corrected chi connectivity index (χ0v) is 13.3. The molecule has 1 aliphatic heterocycles. The standard InChI is InChI=1S/C17H34O2/c1-4-5-6-7-10-15(2)13-16(3)14-19-17-11-8-9-12-18-17/h15-17H,4-14H2,1-3H3/t15-,16-,17?/m0/s1. The molecule has 0 N–H and O–H groups in total. The van der Waals surface area contributed by atoms with Crippen molar-refractivity contribution in [3.05, 3.63) is 0 Å². The van der Waals surface area contributed by atoms with Gasteiger partial charge in [0.15, 0.2) is 6.29 Å². The summed E-state index contributed by atoms with van der Waals surface area (Å²) in [6, 6.07) is 0. The molecular formula is C17H34O2. The SMILES string of the molecule is CCCCCC[C@H](C)C[C@H](C)COC1CCCCO1. The average molecular weight is 270 g/mol. The Kier molecular flexibility index (Phi) is 9.54. The minimum absolute atomic E-state index is 0.0797. The van der Waals surface area contributed by atoms with Crippen LogP contribution in [0.25, 0.3) is 0 Å². The molecule has 0 saturated carbocycles. The predicted octanol–water partition coefficient (Wildman–Crippen LogP) is 5.16. The third kappa shape index (κ3) is 8.65. The maximum Gasteiger partial charge on any atom is 0.157 e. The molecule has 3 atom stereocenters. The minimum Gasteiger partial charge on any atom is -0.353 e. The summed E-state index contributed by atoms with van der Waals surface area (Å²) in [6.07, 6.45) is 11.8. The minimum atomic E-state index is 0.0797. The molecule has 0 aromatic heterocycles. The van der Waals surface area contributed by atoms with Crippen LogP contribution in [0.3, 0.4) is 0 Å². The number of hydrogen-bond acceptors (Lipinski definition) is 2. The molecule has 1 rings (SSSR count). The second-order valence-corrected chi connectivity index (χ2v) is 6.42. The summed E-state index contributed by atoms with van der Waals surface area (Å²) in [4.78, 5) is 0. The summed E-state index contributed by atoms with van der Waals surface area (Å²) >= 11 is 0. The summed E-state index contributed by atoms with van der Waals surface area (Å²) < 4.78 is 11.5. The lowest BCUT2D eigenvalue weighted by atomic mass is 9.93. The summed E-state index contributed by atoms with van der Waals surface area (Å²) in [5, 5.41) is 0. The lowest BCUT2D eigenvalue weighted by Crippen LogP contribution is -2.24. The van der Waals surface area contributed by atoms with Gasteiger partial charge in [-0.3, -0.25) is 0 Å². The van der Waals surface area contributed by atoms with Crippen molar-refractivity contribution in [3.63, 3.8) is 0 Å². The summed E-state index contributed by atoms with van der Waals surface area (Å²) in [6.45, 7) is 8.72. The predicted molar refractivity (Wildman–Crippen MR) is 81.2 cm³/mol. The first-order valence-electron chi connectivity index (χ1n) is 8.45. The lowest BCUT2D eigenvalue weighted by molar-refractivity contribution is -0.168. The normalized spacial score (nSPS) is 23.2. The van der Waals surface area contributed by atoms with Crippen molar-refractivity contribution >= 4 is 0 Å². The summed E-state index contributed by atoms with van der Waals surface area (Å²) in [7, 11) is 0. The number of hydrogen-bond donors (Lipinski definition) is 0. The zero-order valence-electron chi connectivity index (χ0n) is 13.3. The van der Waals surface area contributed by atoms with Crippen LogP contribution in [-0.2, 0) is 9.47 Å².